The molecule has 0 bridgehead atoms. The number of rotatable bonds is 4. The average molecular weight is 229 g/mol. The largest absolute Gasteiger partial charge is 0.369 e. The molecule has 1 atom stereocenters. The minimum Gasteiger partial charge on any atom is -0.369 e. The summed E-state index contributed by atoms with van der Waals surface area (Å²) in [6.07, 6.45) is 0.497. The monoisotopic (exact) mass is 229 g/mol. The molecule has 0 aliphatic heterocycles. The second kappa shape index (κ2) is 4.93. The van der Waals surface area contributed by atoms with Gasteiger partial charge in [0, 0.05) is 24.0 Å². The minimum atomic E-state index is -0.373. The smallest absolute Gasteiger partial charge is 0.222 e. The molecule has 1 heterocycles. The van der Waals surface area contributed by atoms with Gasteiger partial charge in [-0.05, 0) is 12.1 Å². The van der Waals surface area contributed by atoms with Gasteiger partial charge in [-0.15, -0.1) is 0 Å². The number of aromatic nitrogens is 1. The molecule has 2 aromatic rings. The van der Waals surface area contributed by atoms with E-state index in [-0.39, 0.29) is 18.4 Å². The third-order valence-corrected chi connectivity index (χ3v) is 2.80. The molecule has 4 nitrogen and oxygen atoms in total. The number of hydrogen-bond acceptors (Lipinski definition) is 3. The van der Waals surface area contributed by atoms with Crippen molar-refractivity contribution in [3.63, 3.8) is 0 Å². The highest BCUT2D eigenvalue weighted by Crippen LogP contribution is 2.13. The third kappa shape index (κ3) is 2.60. The molecule has 17 heavy (non-hydrogen) atoms. The van der Waals surface area contributed by atoms with Crippen LogP contribution in [0.15, 0.2) is 36.4 Å². The standard InChI is InChI=1S/C13H15N3O/c14-8-10(13(15)17)7-11-6-5-9-3-1-2-4-12(9)16-11/h1-6,10H,7-8,14H2,(H2,15,17). The van der Waals surface area contributed by atoms with Crippen LogP contribution < -0.4 is 11.5 Å². The number of amides is 1. The van der Waals surface area contributed by atoms with Crippen molar-refractivity contribution in [3.05, 3.63) is 42.1 Å². The molecule has 88 valence electrons. The Morgan fingerprint density at radius 3 is 2.71 bits per heavy atom. The van der Waals surface area contributed by atoms with Crippen molar-refractivity contribution in [3.8, 4) is 0 Å². The zero-order valence-electron chi connectivity index (χ0n) is 9.47. The maximum absolute atomic E-state index is 11.1. The van der Waals surface area contributed by atoms with Gasteiger partial charge in [0.1, 0.15) is 0 Å². The first-order chi connectivity index (χ1) is 8.20. The molecular weight excluding hydrogens is 214 g/mol. The van der Waals surface area contributed by atoms with Crippen LogP contribution in [0.1, 0.15) is 5.69 Å². The molecule has 0 fully saturated rings. The highest BCUT2D eigenvalue weighted by molar-refractivity contribution is 5.79. The van der Waals surface area contributed by atoms with Crippen LogP contribution in [0.3, 0.4) is 0 Å². The Labute approximate surface area is 99.6 Å². The first-order valence-electron chi connectivity index (χ1n) is 5.55. The third-order valence-electron chi connectivity index (χ3n) is 2.80. The normalized spacial score (nSPS) is 12.5. The van der Waals surface area contributed by atoms with Gasteiger partial charge in [0.15, 0.2) is 0 Å². The van der Waals surface area contributed by atoms with Crippen LogP contribution in [0.2, 0.25) is 0 Å². The minimum absolute atomic E-state index is 0.254. The second-order valence-electron chi connectivity index (χ2n) is 4.03. The first-order valence-corrected chi connectivity index (χ1v) is 5.55. The molecule has 0 saturated heterocycles. The van der Waals surface area contributed by atoms with Gasteiger partial charge in [0.25, 0.3) is 0 Å². The quantitative estimate of drug-likeness (QED) is 0.815. The second-order valence-corrected chi connectivity index (χ2v) is 4.03. The Morgan fingerprint density at radius 2 is 2.00 bits per heavy atom. The Balaban J connectivity index is 2.27. The lowest BCUT2D eigenvalue weighted by atomic mass is 10.0. The number of carbonyl (C=O) groups excluding carboxylic acids is 1. The Morgan fingerprint density at radius 1 is 1.24 bits per heavy atom. The molecule has 1 unspecified atom stereocenters. The van der Waals surface area contributed by atoms with Crippen LogP contribution >= 0.6 is 0 Å². The topological polar surface area (TPSA) is 82.0 Å². The Bertz CT molecular complexity index is 539. The van der Waals surface area contributed by atoms with Gasteiger partial charge in [0.2, 0.25) is 5.91 Å². The van der Waals surface area contributed by atoms with Crippen molar-refractivity contribution in [1.82, 2.24) is 4.98 Å². The maximum Gasteiger partial charge on any atom is 0.222 e. The van der Waals surface area contributed by atoms with Gasteiger partial charge < -0.3 is 11.5 Å². The molecule has 4 heteroatoms. The fourth-order valence-corrected chi connectivity index (χ4v) is 1.77. The maximum atomic E-state index is 11.1. The number of fused-ring (bicyclic) bond motifs is 1. The molecule has 1 aromatic heterocycles. The number of nitrogens with zero attached hydrogens (tertiary/aromatic N) is 1. The molecular formula is C13H15N3O. The Kier molecular flexibility index (Phi) is 3.35. The molecule has 0 saturated carbocycles. The molecule has 0 spiro atoms. The van der Waals surface area contributed by atoms with Gasteiger partial charge in [-0.1, -0.05) is 24.3 Å². The number of hydrogen-bond donors (Lipinski definition) is 2. The van der Waals surface area contributed by atoms with E-state index in [4.69, 9.17) is 11.5 Å². The fourth-order valence-electron chi connectivity index (χ4n) is 1.77. The summed E-state index contributed by atoms with van der Waals surface area (Å²) in [6.45, 7) is 0.254. The van der Waals surface area contributed by atoms with Crippen molar-refractivity contribution in [2.75, 3.05) is 6.54 Å². The zero-order valence-corrected chi connectivity index (χ0v) is 9.47. The summed E-state index contributed by atoms with van der Waals surface area (Å²) in [5.74, 6) is -0.717. The Hall–Kier alpha value is -1.94. The predicted octanol–water partition coefficient (Wildman–Crippen LogP) is 0.837. The molecule has 2 rings (SSSR count). The van der Waals surface area contributed by atoms with Gasteiger partial charge in [-0.2, -0.15) is 0 Å². The summed E-state index contributed by atoms with van der Waals surface area (Å²) in [6, 6.07) is 11.8. The van der Waals surface area contributed by atoms with Crippen LogP contribution in [0.5, 0.6) is 0 Å². The van der Waals surface area contributed by atoms with E-state index in [9.17, 15) is 4.79 Å². The van der Waals surface area contributed by atoms with Crippen molar-refractivity contribution in [2.45, 2.75) is 6.42 Å². The lowest BCUT2D eigenvalue weighted by molar-refractivity contribution is -0.121. The number of primary amides is 1. The van der Waals surface area contributed by atoms with Crippen LogP contribution in [-0.2, 0) is 11.2 Å². The fraction of sp³-hybridized carbons (Fsp3) is 0.231. The van der Waals surface area contributed by atoms with Gasteiger partial charge >= 0.3 is 0 Å². The van der Waals surface area contributed by atoms with E-state index in [1.807, 2.05) is 36.4 Å². The number of pyridine rings is 1. The van der Waals surface area contributed by atoms with E-state index in [1.165, 1.54) is 0 Å². The zero-order chi connectivity index (χ0) is 12.3. The van der Waals surface area contributed by atoms with Crippen LogP contribution in [-0.4, -0.2) is 17.4 Å². The lowest BCUT2D eigenvalue weighted by Crippen LogP contribution is -2.31. The highest BCUT2D eigenvalue weighted by atomic mass is 16.1. The van der Waals surface area contributed by atoms with Gasteiger partial charge in [-0.3, -0.25) is 9.78 Å². The van der Waals surface area contributed by atoms with E-state index in [0.29, 0.717) is 6.42 Å². The van der Waals surface area contributed by atoms with Crippen LogP contribution in [0.25, 0.3) is 10.9 Å². The number of para-hydroxylation sites is 1. The molecule has 1 aromatic carbocycles. The van der Waals surface area contributed by atoms with E-state index >= 15 is 0 Å². The van der Waals surface area contributed by atoms with E-state index in [1.54, 1.807) is 0 Å². The van der Waals surface area contributed by atoms with E-state index in [0.717, 1.165) is 16.6 Å². The van der Waals surface area contributed by atoms with Crippen molar-refractivity contribution in [1.29, 1.82) is 0 Å². The number of carbonyl (C=O) groups is 1. The van der Waals surface area contributed by atoms with Crippen molar-refractivity contribution < 1.29 is 4.79 Å². The number of nitrogens with two attached hydrogens (primary N) is 2. The van der Waals surface area contributed by atoms with E-state index in [2.05, 4.69) is 4.98 Å². The average Bonchev–Trinajstić information content (AvgIpc) is 2.35. The molecule has 0 aliphatic carbocycles. The predicted molar refractivity (Wildman–Crippen MR) is 67.2 cm³/mol. The summed E-state index contributed by atoms with van der Waals surface area (Å²) in [5, 5.41) is 1.08. The number of benzene rings is 1. The van der Waals surface area contributed by atoms with Gasteiger partial charge in [0.05, 0.1) is 11.4 Å². The van der Waals surface area contributed by atoms with E-state index < -0.39 is 0 Å². The first kappa shape index (κ1) is 11.5. The molecule has 0 radical (unpaired) electrons. The molecule has 0 aliphatic rings. The summed E-state index contributed by atoms with van der Waals surface area (Å²) >= 11 is 0. The summed E-state index contributed by atoms with van der Waals surface area (Å²) in [7, 11) is 0. The highest BCUT2D eigenvalue weighted by Gasteiger charge is 2.14. The summed E-state index contributed by atoms with van der Waals surface area (Å²) in [5.41, 5.74) is 12.5. The van der Waals surface area contributed by atoms with Crippen molar-refractivity contribution >= 4 is 16.8 Å². The van der Waals surface area contributed by atoms with Crippen LogP contribution in [0.4, 0.5) is 0 Å². The lowest BCUT2D eigenvalue weighted by Gasteiger charge is -2.10. The SMILES string of the molecule is NCC(Cc1ccc2ccccc2n1)C(N)=O. The summed E-state index contributed by atoms with van der Waals surface area (Å²) in [4.78, 5) is 15.6. The van der Waals surface area contributed by atoms with Gasteiger partial charge in [-0.25, -0.2) is 0 Å². The summed E-state index contributed by atoms with van der Waals surface area (Å²) < 4.78 is 0. The molecule has 1 amide bonds. The van der Waals surface area contributed by atoms with Crippen molar-refractivity contribution in [2.24, 2.45) is 17.4 Å². The molecule has 4 N–H and O–H groups in total. The van der Waals surface area contributed by atoms with Crippen LogP contribution in [0, 0.1) is 5.92 Å².